The Bertz CT molecular complexity index is 399. The van der Waals surface area contributed by atoms with Crippen LogP contribution in [0.4, 0.5) is 0 Å². The molecule has 4 heteroatoms. The van der Waals surface area contributed by atoms with Gasteiger partial charge in [0.05, 0.1) is 17.2 Å². The number of aromatic nitrogens is 2. The van der Waals surface area contributed by atoms with E-state index in [1.165, 1.54) is 0 Å². The molecule has 1 unspecified atom stereocenters. The van der Waals surface area contributed by atoms with Crippen LogP contribution in [0.15, 0.2) is 12.3 Å². The maximum Gasteiger partial charge on any atom is 0.114 e. The number of rotatable bonds is 3. The van der Waals surface area contributed by atoms with Crippen molar-refractivity contribution in [1.82, 2.24) is 9.78 Å². The van der Waals surface area contributed by atoms with E-state index in [9.17, 15) is 10.4 Å². The van der Waals surface area contributed by atoms with Gasteiger partial charge in [0.15, 0.2) is 0 Å². The normalized spacial score (nSPS) is 20.6. The second-order valence-corrected chi connectivity index (χ2v) is 4.45. The molecule has 1 atom stereocenters. The summed E-state index contributed by atoms with van der Waals surface area (Å²) in [6.45, 7) is 2.71. The third-order valence-corrected chi connectivity index (χ3v) is 3.57. The van der Waals surface area contributed by atoms with Crippen LogP contribution in [0.1, 0.15) is 44.4 Å². The average molecular weight is 219 g/mol. The number of aliphatic hydroxyl groups excluding tert-OH is 1. The number of hydrogen-bond donors (Lipinski definition) is 1. The highest BCUT2D eigenvalue weighted by Crippen LogP contribution is 2.46. The summed E-state index contributed by atoms with van der Waals surface area (Å²) in [7, 11) is 0. The van der Waals surface area contributed by atoms with E-state index < -0.39 is 11.5 Å². The highest BCUT2D eigenvalue weighted by atomic mass is 16.3. The molecule has 0 aliphatic heterocycles. The molecular weight excluding hydrogens is 202 g/mol. The van der Waals surface area contributed by atoms with Crippen LogP contribution < -0.4 is 0 Å². The lowest BCUT2D eigenvalue weighted by Gasteiger charge is -2.27. The summed E-state index contributed by atoms with van der Waals surface area (Å²) in [6.07, 6.45) is 4.62. The molecule has 1 aromatic rings. The smallest absolute Gasteiger partial charge is 0.114 e. The van der Waals surface area contributed by atoms with E-state index in [-0.39, 0.29) is 0 Å². The van der Waals surface area contributed by atoms with Gasteiger partial charge in [-0.3, -0.25) is 4.68 Å². The Morgan fingerprint density at radius 3 is 2.88 bits per heavy atom. The Hall–Kier alpha value is -1.34. The monoisotopic (exact) mass is 219 g/mol. The fourth-order valence-corrected chi connectivity index (χ4v) is 2.57. The van der Waals surface area contributed by atoms with Crippen molar-refractivity contribution in [2.75, 3.05) is 0 Å². The van der Waals surface area contributed by atoms with Crippen molar-refractivity contribution < 1.29 is 5.11 Å². The molecule has 0 saturated heterocycles. The third-order valence-electron chi connectivity index (χ3n) is 3.57. The van der Waals surface area contributed by atoms with E-state index in [1.54, 1.807) is 10.9 Å². The van der Waals surface area contributed by atoms with Crippen molar-refractivity contribution in [3.05, 3.63) is 18.0 Å². The summed E-state index contributed by atoms with van der Waals surface area (Å²) in [5, 5.41) is 23.8. The van der Waals surface area contributed by atoms with E-state index in [0.29, 0.717) is 0 Å². The molecule has 1 saturated carbocycles. The first-order valence-electron chi connectivity index (χ1n) is 5.84. The highest BCUT2D eigenvalue weighted by Gasteiger charge is 2.42. The second kappa shape index (κ2) is 4.26. The van der Waals surface area contributed by atoms with Gasteiger partial charge >= 0.3 is 0 Å². The van der Waals surface area contributed by atoms with E-state index in [2.05, 4.69) is 11.2 Å². The van der Waals surface area contributed by atoms with Gasteiger partial charge in [-0.25, -0.2) is 0 Å². The minimum absolute atomic E-state index is 0.590. The van der Waals surface area contributed by atoms with Crippen LogP contribution >= 0.6 is 0 Å². The van der Waals surface area contributed by atoms with Crippen molar-refractivity contribution in [1.29, 1.82) is 5.26 Å². The SMILES string of the molecule is CCn1nccc1C(O)C1(C#N)CCCC1. The maximum atomic E-state index is 10.4. The zero-order valence-corrected chi connectivity index (χ0v) is 9.56. The van der Waals surface area contributed by atoms with E-state index in [0.717, 1.165) is 37.9 Å². The molecule has 1 aliphatic rings. The van der Waals surface area contributed by atoms with Gasteiger partial charge in [0, 0.05) is 12.7 Å². The fraction of sp³-hybridized carbons (Fsp3) is 0.667. The van der Waals surface area contributed by atoms with Gasteiger partial charge in [0.2, 0.25) is 0 Å². The number of aryl methyl sites for hydroxylation is 1. The molecule has 16 heavy (non-hydrogen) atoms. The lowest BCUT2D eigenvalue weighted by atomic mass is 9.80. The van der Waals surface area contributed by atoms with E-state index >= 15 is 0 Å². The van der Waals surface area contributed by atoms with Gasteiger partial charge in [-0.1, -0.05) is 12.8 Å². The zero-order valence-electron chi connectivity index (χ0n) is 9.56. The van der Waals surface area contributed by atoms with Crippen molar-refractivity contribution in [3.8, 4) is 6.07 Å². The Morgan fingerprint density at radius 1 is 1.62 bits per heavy atom. The molecule has 1 N–H and O–H groups in total. The predicted octanol–water partition coefficient (Wildman–Crippen LogP) is 2.02. The molecule has 0 aromatic carbocycles. The van der Waals surface area contributed by atoms with Crippen molar-refractivity contribution in [3.63, 3.8) is 0 Å². The van der Waals surface area contributed by atoms with Crippen LogP contribution in [-0.4, -0.2) is 14.9 Å². The average Bonchev–Trinajstić information content (AvgIpc) is 2.97. The van der Waals surface area contributed by atoms with Gasteiger partial charge in [0.1, 0.15) is 6.10 Å². The minimum Gasteiger partial charge on any atom is -0.385 e. The Kier molecular flexibility index (Phi) is 2.97. The lowest BCUT2D eigenvalue weighted by molar-refractivity contribution is 0.0591. The molecule has 1 aliphatic carbocycles. The van der Waals surface area contributed by atoms with Gasteiger partial charge in [0.25, 0.3) is 0 Å². The maximum absolute atomic E-state index is 10.4. The molecule has 1 aromatic heterocycles. The Balaban J connectivity index is 2.31. The van der Waals surface area contributed by atoms with Gasteiger partial charge < -0.3 is 5.11 Å². The number of nitriles is 1. The summed E-state index contributed by atoms with van der Waals surface area (Å²) in [5.41, 5.74) is 0.179. The molecule has 1 heterocycles. The number of aliphatic hydroxyl groups is 1. The standard InChI is InChI=1S/C12H17N3O/c1-2-15-10(5-8-14-15)11(16)12(9-13)6-3-4-7-12/h5,8,11,16H,2-4,6-7H2,1H3. The summed E-state index contributed by atoms with van der Waals surface area (Å²) in [4.78, 5) is 0. The largest absolute Gasteiger partial charge is 0.385 e. The topological polar surface area (TPSA) is 61.8 Å². The predicted molar refractivity (Wildman–Crippen MR) is 59.4 cm³/mol. The first kappa shape index (κ1) is 11.2. The summed E-state index contributed by atoms with van der Waals surface area (Å²) < 4.78 is 1.77. The quantitative estimate of drug-likeness (QED) is 0.846. The van der Waals surface area contributed by atoms with Crippen LogP contribution in [0.2, 0.25) is 0 Å². The van der Waals surface area contributed by atoms with E-state index in [1.807, 2.05) is 13.0 Å². The Morgan fingerprint density at radius 2 is 2.31 bits per heavy atom. The molecule has 0 bridgehead atoms. The molecule has 0 amide bonds. The van der Waals surface area contributed by atoms with Crippen LogP contribution in [0.5, 0.6) is 0 Å². The first-order valence-corrected chi connectivity index (χ1v) is 5.84. The fourth-order valence-electron chi connectivity index (χ4n) is 2.57. The van der Waals surface area contributed by atoms with Gasteiger partial charge in [-0.2, -0.15) is 10.4 Å². The summed E-state index contributed by atoms with van der Waals surface area (Å²) in [5.74, 6) is 0. The summed E-state index contributed by atoms with van der Waals surface area (Å²) in [6, 6.07) is 4.14. The third kappa shape index (κ3) is 1.61. The lowest BCUT2D eigenvalue weighted by Crippen LogP contribution is -2.26. The van der Waals surface area contributed by atoms with Gasteiger partial charge in [-0.05, 0) is 25.8 Å². The number of nitrogens with zero attached hydrogens (tertiary/aromatic N) is 3. The van der Waals surface area contributed by atoms with Crippen molar-refractivity contribution >= 4 is 0 Å². The highest BCUT2D eigenvalue weighted by molar-refractivity contribution is 5.16. The Labute approximate surface area is 95.5 Å². The van der Waals surface area contributed by atoms with Crippen molar-refractivity contribution in [2.24, 2.45) is 5.41 Å². The van der Waals surface area contributed by atoms with Crippen LogP contribution in [0.25, 0.3) is 0 Å². The zero-order chi connectivity index (χ0) is 11.6. The molecule has 0 radical (unpaired) electrons. The van der Waals surface area contributed by atoms with E-state index in [4.69, 9.17) is 0 Å². The molecule has 4 nitrogen and oxygen atoms in total. The second-order valence-electron chi connectivity index (χ2n) is 4.45. The molecule has 1 fully saturated rings. The van der Waals surface area contributed by atoms with Crippen LogP contribution in [-0.2, 0) is 6.54 Å². The number of hydrogen-bond acceptors (Lipinski definition) is 3. The molecule has 86 valence electrons. The molecular formula is C12H17N3O. The van der Waals surface area contributed by atoms with Crippen LogP contribution in [0.3, 0.4) is 0 Å². The molecule has 0 spiro atoms. The van der Waals surface area contributed by atoms with Crippen LogP contribution in [0, 0.1) is 16.7 Å². The first-order chi connectivity index (χ1) is 7.73. The van der Waals surface area contributed by atoms with Gasteiger partial charge in [-0.15, -0.1) is 0 Å². The van der Waals surface area contributed by atoms with Crippen molar-refractivity contribution in [2.45, 2.75) is 45.3 Å². The summed E-state index contributed by atoms with van der Waals surface area (Å²) >= 11 is 0. The minimum atomic E-state index is -0.706. The molecule has 2 rings (SSSR count).